The highest BCUT2D eigenvalue weighted by molar-refractivity contribution is 7.89. The van der Waals surface area contributed by atoms with Gasteiger partial charge in [0.2, 0.25) is 10.0 Å². The molecule has 0 bridgehead atoms. The molecular weight excluding hydrogens is 396 g/mol. The molecule has 3 rings (SSSR count). The van der Waals surface area contributed by atoms with Gasteiger partial charge in [-0.15, -0.1) is 0 Å². The first kappa shape index (κ1) is 20.5. The summed E-state index contributed by atoms with van der Waals surface area (Å²) in [5.41, 5.74) is 4.90. The van der Waals surface area contributed by atoms with Crippen LogP contribution >= 0.6 is 0 Å². The highest BCUT2D eigenvalue weighted by Gasteiger charge is 2.26. The Kier molecular flexibility index (Phi) is 6.25. The fraction of sp³-hybridized carbons (Fsp3) is 0.211. The zero-order valence-electron chi connectivity index (χ0n) is 15.3. The maximum atomic E-state index is 12.5. The molecule has 2 aromatic carbocycles. The SMILES string of the molecule is O=C(NNC(=O)c1cccc(S(=O)(=O)NCc2ccccc2)c1)C(=O)NC1CC1. The fourth-order valence-corrected chi connectivity index (χ4v) is 3.45. The Morgan fingerprint density at radius 3 is 2.31 bits per heavy atom. The second-order valence-corrected chi connectivity index (χ2v) is 8.26. The summed E-state index contributed by atoms with van der Waals surface area (Å²) in [5, 5.41) is 2.48. The number of amides is 3. The molecule has 0 atom stereocenters. The standard InChI is InChI=1S/C19H20N4O5S/c24-17(22-23-19(26)18(25)21-15-9-10-15)14-7-4-8-16(11-14)29(27,28)20-12-13-5-2-1-3-6-13/h1-8,11,15,20H,9-10,12H2,(H,21,25)(H,22,24)(H,23,26). The predicted molar refractivity (Wildman–Crippen MR) is 104 cm³/mol. The molecule has 0 aromatic heterocycles. The molecule has 3 amide bonds. The fourth-order valence-electron chi connectivity index (χ4n) is 2.38. The van der Waals surface area contributed by atoms with Gasteiger partial charge in [0, 0.05) is 18.2 Å². The third kappa shape index (κ3) is 5.87. The minimum Gasteiger partial charge on any atom is -0.345 e. The Labute approximate surface area is 167 Å². The number of sulfonamides is 1. The summed E-state index contributed by atoms with van der Waals surface area (Å²) in [7, 11) is -3.85. The summed E-state index contributed by atoms with van der Waals surface area (Å²) in [6.45, 7) is 0.103. The van der Waals surface area contributed by atoms with E-state index in [2.05, 4.69) is 15.5 Å². The van der Waals surface area contributed by atoms with Gasteiger partial charge in [0.25, 0.3) is 5.91 Å². The van der Waals surface area contributed by atoms with Crippen molar-refractivity contribution in [3.8, 4) is 0 Å². The summed E-state index contributed by atoms with van der Waals surface area (Å²) in [4.78, 5) is 35.3. The van der Waals surface area contributed by atoms with E-state index in [1.54, 1.807) is 24.3 Å². The number of carbonyl (C=O) groups excluding carboxylic acids is 3. The third-order valence-corrected chi connectivity index (χ3v) is 5.52. The van der Waals surface area contributed by atoms with Crippen molar-refractivity contribution in [2.24, 2.45) is 0 Å². The van der Waals surface area contributed by atoms with E-state index in [0.717, 1.165) is 18.4 Å². The molecule has 2 aromatic rings. The van der Waals surface area contributed by atoms with E-state index in [1.807, 2.05) is 11.5 Å². The number of benzene rings is 2. The molecule has 0 unspecified atom stereocenters. The van der Waals surface area contributed by atoms with Gasteiger partial charge in [-0.3, -0.25) is 25.2 Å². The molecule has 0 saturated heterocycles. The number of hydrogen-bond donors (Lipinski definition) is 4. The van der Waals surface area contributed by atoms with Gasteiger partial charge in [-0.2, -0.15) is 0 Å². The Morgan fingerprint density at radius 2 is 1.62 bits per heavy atom. The van der Waals surface area contributed by atoms with E-state index in [4.69, 9.17) is 0 Å². The highest BCUT2D eigenvalue weighted by Crippen LogP contribution is 2.18. The maximum Gasteiger partial charge on any atom is 0.327 e. The zero-order valence-corrected chi connectivity index (χ0v) is 16.2. The van der Waals surface area contributed by atoms with Crippen molar-refractivity contribution in [3.63, 3.8) is 0 Å². The van der Waals surface area contributed by atoms with Gasteiger partial charge in [-0.1, -0.05) is 36.4 Å². The summed E-state index contributed by atoms with van der Waals surface area (Å²) < 4.78 is 27.4. The predicted octanol–water partition coefficient (Wildman–Crippen LogP) is 0.205. The van der Waals surface area contributed by atoms with Crippen LogP contribution in [0.1, 0.15) is 28.8 Å². The van der Waals surface area contributed by atoms with Crippen LogP contribution in [0.25, 0.3) is 0 Å². The van der Waals surface area contributed by atoms with Crippen molar-refractivity contribution in [1.82, 2.24) is 20.9 Å². The van der Waals surface area contributed by atoms with Crippen LogP contribution in [0, 0.1) is 0 Å². The lowest BCUT2D eigenvalue weighted by Crippen LogP contribution is -2.49. The summed E-state index contributed by atoms with van der Waals surface area (Å²) in [6, 6.07) is 14.3. The van der Waals surface area contributed by atoms with E-state index in [-0.39, 0.29) is 23.0 Å². The van der Waals surface area contributed by atoms with Crippen molar-refractivity contribution in [3.05, 3.63) is 65.7 Å². The summed E-state index contributed by atoms with van der Waals surface area (Å²) in [6.07, 6.45) is 1.65. The molecule has 1 fully saturated rings. The molecule has 0 heterocycles. The first-order valence-electron chi connectivity index (χ1n) is 8.90. The van der Waals surface area contributed by atoms with Gasteiger partial charge < -0.3 is 5.32 Å². The molecule has 0 spiro atoms. The van der Waals surface area contributed by atoms with Crippen molar-refractivity contribution in [2.45, 2.75) is 30.3 Å². The van der Waals surface area contributed by atoms with Crippen molar-refractivity contribution in [1.29, 1.82) is 0 Å². The van der Waals surface area contributed by atoms with Crippen LogP contribution in [-0.4, -0.2) is 32.2 Å². The Hall–Kier alpha value is -3.24. The average molecular weight is 416 g/mol. The maximum absolute atomic E-state index is 12.5. The molecule has 1 aliphatic carbocycles. The number of hydrazine groups is 1. The number of nitrogens with one attached hydrogen (secondary N) is 4. The van der Waals surface area contributed by atoms with Gasteiger partial charge >= 0.3 is 11.8 Å². The van der Waals surface area contributed by atoms with Gasteiger partial charge in [0.1, 0.15) is 0 Å². The third-order valence-electron chi connectivity index (χ3n) is 4.12. The molecule has 1 saturated carbocycles. The minimum atomic E-state index is -3.85. The van der Waals surface area contributed by atoms with E-state index in [0.29, 0.717) is 0 Å². The summed E-state index contributed by atoms with van der Waals surface area (Å²) in [5.74, 6) is -2.59. The van der Waals surface area contributed by atoms with Gasteiger partial charge in [0.05, 0.1) is 4.90 Å². The van der Waals surface area contributed by atoms with Crippen LogP contribution in [0.3, 0.4) is 0 Å². The van der Waals surface area contributed by atoms with E-state index in [9.17, 15) is 22.8 Å². The van der Waals surface area contributed by atoms with Gasteiger partial charge in [-0.05, 0) is 36.6 Å². The zero-order chi connectivity index (χ0) is 20.9. The lowest BCUT2D eigenvalue weighted by atomic mass is 10.2. The first-order chi connectivity index (χ1) is 13.8. The molecule has 0 radical (unpaired) electrons. The van der Waals surface area contributed by atoms with Crippen LogP contribution in [0.15, 0.2) is 59.5 Å². The first-order valence-corrected chi connectivity index (χ1v) is 10.4. The lowest BCUT2D eigenvalue weighted by Gasteiger charge is -2.10. The Morgan fingerprint density at radius 1 is 0.897 bits per heavy atom. The number of hydrogen-bond acceptors (Lipinski definition) is 5. The van der Waals surface area contributed by atoms with Crippen LogP contribution in [0.4, 0.5) is 0 Å². The molecule has 4 N–H and O–H groups in total. The summed E-state index contributed by atoms with van der Waals surface area (Å²) >= 11 is 0. The molecule has 0 aliphatic heterocycles. The monoisotopic (exact) mass is 416 g/mol. The quantitative estimate of drug-likeness (QED) is 0.394. The lowest BCUT2D eigenvalue weighted by molar-refractivity contribution is -0.139. The van der Waals surface area contributed by atoms with Crippen molar-refractivity contribution in [2.75, 3.05) is 0 Å². The molecule has 29 heavy (non-hydrogen) atoms. The smallest absolute Gasteiger partial charge is 0.327 e. The van der Waals surface area contributed by atoms with Crippen LogP contribution in [-0.2, 0) is 26.2 Å². The largest absolute Gasteiger partial charge is 0.345 e. The molecule has 1 aliphatic rings. The normalized spacial score (nSPS) is 13.4. The highest BCUT2D eigenvalue weighted by atomic mass is 32.2. The minimum absolute atomic E-state index is 0.00854. The van der Waals surface area contributed by atoms with Gasteiger partial charge in [-0.25, -0.2) is 13.1 Å². The second-order valence-electron chi connectivity index (χ2n) is 6.49. The second kappa shape index (κ2) is 8.84. The molecule has 10 heteroatoms. The Balaban J connectivity index is 1.59. The van der Waals surface area contributed by atoms with Crippen molar-refractivity contribution < 1.29 is 22.8 Å². The van der Waals surface area contributed by atoms with Crippen molar-refractivity contribution >= 4 is 27.7 Å². The van der Waals surface area contributed by atoms with E-state index in [1.165, 1.54) is 24.3 Å². The van der Waals surface area contributed by atoms with E-state index < -0.39 is 27.7 Å². The van der Waals surface area contributed by atoms with Crippen LogP contribution in [0.5, 0.6) is 0 Å². The topological polar surface area (TPSA) is 133 Å². The molecule has 152 valence electrons. The molecular formula is C19H20N4O5S. The average Bonchev–Trinajstić information content (AvgIpc) is 3.55. The number of carbonyl (C=O) groups is 3. The Bertz CT molecular complexity index is 1020. The van der Waals surface area contributed by atoms with Crippen LogP contribution in [0.2, 0.25) is 0 Å². The van der Waals surface area contributed by atoms with Gasteiger partial charge in [0.15, 0.2) is 0 Å². The molecule has 9 nitrogen and oxygen atoms in total. The van der Waals surface area contributed by atoms with E-state index >= 15 is 0 Å². The van der Waals surface area contributed by atoms with Crippen LogP contribution < -0.4 is 20.9 Å². The number of rotatable bonds is 6.